The van der Waals surface area contributed by atoms with Crippen LogP contribution in [0.25, 0.3) is 11.0 Å². The number of aromatic nitrogens is 2. The van der Waals surface area contributed by atoms with Crippen molar-refractivity contribution < 1.29 is 9.59 Å². The predicted octanol–water partition coefficient (Wildman–Crippen LogP) is 1.96. The van der Waals surface area contributed by atoms with Gasteiger partial charge in [0, 0.05) is 30.5 Å². The van der Waals surface area contributed by atoms with E-state index < -0.39 is 0 Å². The van der Waals surface area contributed by atoms with Crippen LogP contribution in [0.3, 0.4) is 0 Å². The number of benzene rings is 2. The summed E-state index contributed by atoms with van der Waals surface area (Å²) in [5.74, 6) is -0.187. The molecule has 2 aliphatic rings. The number of carbonyl (C=O) groups is 2. The van der Waals surface area contributed by atoms with E-state index in [1.165, 1.54) is 0 Å². The number of nitrogens with zero attached hydrogens (tertiary/aromatic N) is 3. The quantitative estimate of drug-likeness (QED) is 0.730. The van der Waals surface area contributed by atoms with Crippen LogP contribution in [0, 0.1) is 0 Å². The monoisotopic (exact) mass is 359 g/mol. The first-order valence-corrected chi connectivity index (χ1v) is 8.87. The number of para-hydroxylation sites is 2. The maximum Gasteiger partial charge on any atom is 0.251 e. The molecule has 0 radical (unpaired) electrons. The lowest BCUT2D eigenvalue weighted by Crippen LogP contribution is -2.44. The van der Waals surface area contributed by atoms with Gasteiger partial charge in [-0.3, -0.25) is 19.6 Å². The SMILES string of the molecule is O=C(NC1CC2C(=O)Nc3ccccc3N2C1)c1ccc2nccnc2c1. The first kappa shape index (κ1) is 15.7. The molecule has 0 bridgehead atoms. The molecule has 0 aliphatic carbocycles. The van der Waals surface area contributed by atoms with Gasteiger partial charge in [-0.2, -0.15) is 0 Å². The molecule has 7 nitrogen and oxygen atoms in total. The first-order chi connectivity index (χ1) is 13.2. The summed E-state index contributed by atoms with van der Waals surface area (Å²) in [4.78, 5) is 35.6. The topological polar surface area (TPSA) is 87.2 Å². The van der Waals surface area contributed by atoms with Crippen molar-refractivity contribution in [2.24, 2.45) is 0 Å². The molecule has 2 aliphatic heterocycles. The number of carbonyl (C=O) groups excluding carboxylic acids is 2. The van der Waals surface area contributed by atoms with Gasteiger partial charge in [-0.15, -0.1) is 0 Å². The number of hydrogen-bond acceptors (Lipinski definition) is 5. The molecule has 5 rings (SSSR count). The van der Waals surface area contributed by atoms with Crippen molar-refractivity contribution in [3.8, 4) is 0 Å². The molecule has 2 atom stereocenters. The third kappa shape index (κ3) is 2.68. The van der Waals surface area contributed by atoms with Crippen LogP contribution in [0.2, 0.25) is 0 Å². The van der Waals surface area contributed by atoms with Crippen LogP contribution in [0.1, 0.15) is 16.8 Å². The number of amides is 2. The molecule has 3 heterocycles. The molecule has 2 amide bonds. The molecule has 134 valence electrons. The highest BCUT2D eigenvalue weighted by Crippen LogP contribution is 2.36. The Morgan fingerprint density at radius 3 is 2.81 bits per heavy atom. The van der Waals surface area contributed by atoms with E-state index in [1.54, 1.807) is 30.6 Å². The average molecular weight is 359 g/mol. The molecule has 2 aromatic carbocycles. The van der Waals surface area contributed by atoms with Crippen LogP contribution in [-0.2, 0) is 4.79 Å². The highest BCUT2D eigenvalue weighted by atomic mass is 16.2. The van der Waals surface area contributed by atoms with Crippen molar-refractivity contribution in [1.29, 1.82) is 0 Å². The number of fused-ring (bicyclic) bond motifs is 4. The maximum atomic E-state index is 12.7. The van der Waals surface area contributed by atoms with Crippen molar-refractivity contribution in [3.05, 3.63) is 60.4 Å². The Morgan fingerprint density at radius 1 is 1.11 bits per heavy atom. The number of nitrogens with one attached hydrogen (secondary N) is 2. The van der Waals surface area contributed by atoms with Crippen LogP contribution < -0.4 is 15.5 Å². The number of anilines is 2. The van der Waals surface area contributed by atoms with Crippen LogP contribution in [0.15, 0.2) is 54.9 Å². The fourth-order valence-electron chi connectivity index (χ4n) is 3.87. The van der Waals surface area contributed by atoms with Crippen LogP contribution in [-0.4, -0.2) is 40.4 Å². The second-order valence-corrected chi connectivity index (χ2v) is 6.84. The zero-order chi connectivity index (χ0) is 18.4. The Bertz CT molecular complexity index is 1070. The van der Waals surface area contributed by atoms with Gasteiger partial charge >= 0.3 is 0 Å². The molecular weight excluding hydrogens is 342 g/mol. The van der Waals surface area contributed by atoms with Gasteiger partial charge in [0.15, 0.2) is 0 Å². The van der Waals surface area contributed by atoms with Gasteiger partial charge in [0.2, 0.25) is 5.91 Å². The fraction of sp³-hybridized carbons (Fsp3) is 0.200. The van der Waals surface area contributed by atoms with Gasteiger partial charge in [0.25, 0.3) is 5.91 Å². The largest absolute Gasteiger partial charge is 0.356 e. The summed E-state index contributed by atoms with van der Waals surface area (Å²) in [5, 5.41) is 6.01. The standard InChI is InChI=1S/C20H17N5O2/c26-19(12-5-6-14-16(9-12)22-8-7-21-14)23-13-10-18-20(27)24-15-3-1-2-4-17(15)25(18)11-13/h1-9,13,18H,10-11H2,(H,23,26)(H,24,27). The second-order valence-electron chi connectivity index (χ2n) is 6.84. The van der Waals surface area contributed by atoms with E-state index in [9.17, 15) is 9.59 Å². The zero-order valence-corrected chi connectivity index (χ0v) is 14.4. The maximum absolute atomic E-state index is 12.7. The molecule has 2 unspecified atom stereocenters. The van der Waals surface area contributed by atoms with Gasteiger partial charge in [0.1, 0.15) is 6.04 Å². The summed E-state index contributed by atoms with van der Waals surface area (Å²) < 4.78 is 0. The first-order valence-electron chi connectivity index (χ1n) is 8.87. The van der Waals surface area contributed by atoms with Crippen molar-refractivity contribution in [1.82, 2.24) is 15.3 Å². The lowest BCUT2D eigenvalue weighted by molar-refractivity contribution is -0.117. The van der Waals surface area contributed by atoms with E-state index >= 15 is 0 Å². The van der Waals surface area contributed by atoms with E-state index in [1.807, 2.05) is 24.3 Å². The molecule has 7 heteroatoms. The number of hydrogen-bond donors (Lipinski definition) is 2. The molecular formula is C20H17N5O2. The second kappa shape index (κ2) is 6.05. The highest BCUT2D eigenvalue weighted by molar-refractivity contribution is 6.04. The summed E-state index contributed by atoms with van der Waals surface area (Å²) >= 11 is 0. The van der Waals surface area contributed by atoms with Crippen LogP contribution >= 0.6 is 0 Å². The highest BCUT2D eigenvalue weighted by Gasteiger charge is 2.41. The van der Waals surface area contributed by atoms with E-state index in [4.69, 9.17) is 0 Å². The summed E-state index contributed by atoms with van der Waals surface area (Å²) in [6, 6.07) is 12.7. The lowest BCUT2D eigenvalue weighted by Gasteiger charge is -2.32. The summed E-state index contributed by atoms with van der Waals surface area (Å²) in [6.07, 6.45) is 3.81. The third-order valence-electron chi connectivity index (χ3n) is 5.14. The normalized spacial score (nSPS) is 20.7. The number of rotatable bonds is 2. The smallest absolute Gasteiger partial charge is 0.251 e. The summed E-state index contributed by atoms with van der Waals surface area (Å²) in [6.45, 7) is 0.605. The Hall–Kier alpha value is -3.48. The van der Waals surface area contributed by atoms with E-state index in [2.05, 4.69) is 25.5 Å². The molecule has 27 heavy (non-hydrogen) atoms. The van der Waals surface area contributed by atoms with Crippen LogP contribution in [0.5, 0.6) is 0 Å². The predicted molar refractivity (Wildman–Crippen MR) is 102 cm³/mol. The van der Waals surface area contributed by atoms with Gasteiger partial charge in [-0.1, -0.05) is 12.1 Å². The third-order valence-corrected chi connectivity index (χ3v) is 5.14. The molecule has 2 N–H and O–H groups in total. The molecule has 1 fully saturated rings. The van der Waals surface area contributed by atoms with E-state index in [0.29, 0.717) is 24.0 Å². The Balaban J connectivity index is 1.36. The van der Waals surface area contributed by atoms with Gasteiger partial charge < -0.3 is 15.5 Å². The van der Waals surface area contributed by atoms with Gasteiger partial charge in [0.05, 0.1) is 22.4 Å². The minimum atomic E-state index is -0.257. The van der Waals surface area contributed by atoms with E-state index in [-0.39, 0.29) is 23.9 Å². The van der Waals surface area contributed by atoms with E-state index in [0.717, 1.165) is 16.9 Å². The Labute approximate surface area is 155 Å². The molecule has 3 aromatic rings. The molecule has 1 saturated heterocycles. The minimum Gasteiger partial charge on any atom is -0.356 e. The Kier molecular flexibility index (Phi) is 3.53. The fourth-order valence-corrected chi connectivity index (χ4v) is 3.87. The van der Waals surface area contributed by atoms with Crippen LogP contribution in [0.4, 0.5) is 11.4 Å². The summed E-state index contributed by atoms with van der Waals surface area (Å²) in [7, 11) is 0. The van der Waals surface area contributed by atoms with Crippen molar-refractivity contribution >= 4 is 34.2 Å². The lowest BCUT2D eigenvalue weighted by atomic mass is 10.1. The molecule has 0 spiro atoms. The zero-order valence-electron chi connectivity index (χ0n) is 14.4. The molecule has 0 saturated carbocycles. The summed E-state index contributed by atoms with van der Waals surface area (Å²) in [5.41, 5.74) is 3.79. The Morgan fingerprint density at radius 2 is 1.93 bits per heavy atom. The molecule has 1 aromatic heterocycles. The average Bonchev–Trinajstić information content (AvgIpc) is 3.12. The van der Waals surface area contributed by atoms with Crippen molar-refractivity contribution in [2.45, 2.75) is 18.5 Å². The van der Waals surface area contributed by atoms with Gasteiger partial charge in [-0.25, -0.2) is 0 Å². The minimum absolute atomic E-state index is 0.0218. The van der Waals surface area contributed by atoms with Crippen molar-refractivity contribution in [2.75, 3.05) is 16.8 Å². The van der Waals surface area contributed by atoms with Crippen molar-refractivity contribution in [3.63, 3.8) is 0 Å². The van der Waals surface area contributed by atoms with Gasteiger partial charge in [-0.05, 0) is 36.8 Å².